The highest BCUT2D eigenvalue weighted by molar-refractivity contribution is 5.48. The molecule has 106 valence electrons. The number of hydrogen-bond donors (Lipinski definition) is 2. The molecule has 0 unspecified atom stereocenters. The number of nitrogens with one attached hydrogen (secondary N) is 1. The minimum absolute atomic E-state index is 0.0489. The number of nitrogens with zero attached hydrogens (tertiary/aromatic N) is 1. The van der Waals surface area contributed by atoms with E-state index < -0.39 is 0 Å². The summed E-state index contributed by atoms with van der Waals surface area (Å²) in [5.74, 6) is 1.41. The highest BCUT2D eigenvalue weighted by Gasteiger charge is 2.25. The van der Waals surface area contributed by atoms with Gasteiger partial charge in [-0.05, 0) is 6.07 Å². The first-order valence-electron chi connectivity index (χ1n) is 6.58. The fraction of sp³-hybridized carbons (Fsp3) is 0.571. The number of benzene rings is 1. The van der Waals surface area contributed by atoms with Gasteiger partial charge in [0.1, 0.15) is 0 Å². The molecular weight excluding hydrogens is 244 g/mol. The lowest BCUT2D eigenvalue weighted by Crippen LogP contribution is -2.46. The summed E-state index contributed by atoms with van der Waals surface area (Å²) in [6, 6.07) is 5.74. The molecule has 1 atom stereocenters. The molecule has 0 aromatic heterocycles. The number of aliphatic hydroxyl groups is 1. The Morgan fingerprint density at radius 2 is 2.00 bits per heavy atom. The van der Waals surface area contributed by atoms with E-state index in [1.54, 1.807) is 14.2 Å². The maximum atomic E-state index is 9.76. The molecule has 1 heterocycles. The van der Waals surface area contributed by atoms with Gasteiger partial charge in [-0.15, -0.1) is 0 Å². The molecule has 0 spiro atoms. The van der Waals surface area contributed by atoms with Crippen molar-refractivity contribution in [3.63, 3.8) is 0 Å². The first-order chi connectivity index (χ1) is 9.31. The van der Waals surface area contributed by atoms with Crippen LogP contribution in [0.2, 0.25) is 0 Å². The van der Waals surface area contributed by atoms with Gasteiger partial charge in [0.05, 0.1) is 26.9 Å². The molecule has 5 nitrogen and oxygen atoms in total. The van der Waals surface area contributed by atoms with Gasteiger partial charge >= 0.3 is 0 Å². The number of hydrogen-bond acceptors (Lipinski definition) is 5. The van der Waals surface area contributed by atoms with Gasteiger partial charge in [0.25, 0.3) is 0 Å². The molecule has 19 heavy (non-hydrogen) atoms. The van der Waals surface area contributed by atoms with Crippen LogP contribution in [0.4, 0.5) is 0 Å². The molecule has 1 aromatic rings. The first-order valence-corrected chi connectivity index (χ1v) is 6.58. The minimum Gasteiger partial charge on any atom is -0.493 e. The lowest BCUT2D eigenvalue weighted by molar-refractivity contribution is 0.108. The second kappa shape index (κ2) is 6.75. The van der Waals surface area contributed by atoms with E-state index in [4.69, 9.17) is 9.47 Å². The Hall–Kier alpha value is -1.30. The van der Waals surface area contributed by atoms with Crippen molar-refractivity contribution in [1.29, 1.82) is 0 Å². The number of methoxy groups -OCH3 is 2. The van der Waals surface area contributed by atoms with Crippen molar-refractivity contribution in [2.75, 3.05) is 47.0 Å². The van der Waals surface area contributed by atoms with Crippen molar-refractivity contribution >= 4 is 0 Å². The quantitative estimate of drug-likeness (QED) is 0.819. The van der Waals surface area contributed by atoms with Crippen molar-refractivity contribution in [3.8, 4) is 11.5 Å². The van der Waals surface area contributed by atoms with E-state index >= 15 is 0 Å². The van der Waals surface area contributed by atoms with Crippen LogP contribution in [0, 0.1) is 0 Å². The monoisotopic (exact) mass is 266 g/mol. The van der Waals surface area contributed by atoms with Crippen molar-refractivity contribution in [1.82, 2.24) is 10.2 Å². The van der Waals surface area contributed by atoms with Crippen LogP contribution >= 0.6 is 0 Å². The van der Waals surface area contributed by atoms with Gasteiger partial charge in [-0.1, -0.05) is 12.1 Å². The Balaban J connectivity index is 2.31. The van der Waals surface area contributed by atoms with E-state index in [0.29, 0.717) is 11.5 Å². The lowest BCUT2D eigenvalue weighted by Gasteiger charge is -2.34. The van der Waals surface area contributed by atoms with Crippen molar-refractivity contribution < 1.29 is 14.6 Å². The fourth-order valence-corrected chi connectivity index (χ4v) is 2.58. The first kappa shape index (κ1) is 14.1. The van der Waals surface area contributed by atoms with Crippen LogP contribution in [0.1, 0.15) is 11.6 Å². The largest absolute Gasteiger partial charge is 0.493 e. The average Bonchev–Trinajstić information content (AvgIpc) is 2.48. The van der Waals surface area contributed by atoms with E-state index in [9.17, 15) is 5.11 Å². The normalized spacial score (nSPS) is 18.1. The van der Waals surface area contributed by atoms with Crippen LogP contribution in [0.25, 0.3) is 0 Å². The summed E-state index contributed by atoms with van der Waals surface area (Å²) < 4.78 is 10.8. The molecule has 1 aliphatic rings. The van der Waals surface area contributed by atoms with Crippen LogP contribution in [-0.4, -0.2) is 57.0 Å². The zero-order valence-electron chi connectivity index (χ0n) is 11.6. The summed E-state index contributed by atoms with van der Waals surface area (Å²) in [5.41, 5.74) is 0.978. The summed E-state index contributed by atoms with van der Waals surface area (Å²) in [6.07, 6.45) is 0. The van der Waals surface area contributed by atoms with Gasteiger partial charge in [0.2, 0.25) is 0 Å². The Labute approximate surface area is 114 Å². The van der Waals surface area contributed by atoms with Crippen LogP contribution in [-0.2, 0) is 0 Å². The number of piperazine rings is 1. The maximum Gasteiger partial charge on any atom is 0.165 e. The molecule has 0 saturated carbocycles. The van der Waals surface area contributed by atoms with Gasteiger partial charge in [-0.25, -0.2) is 0 Å². The Morgan fingerprint density at radius 1 is 1.26 bits per heavy atom. The maximum absolute atomic E-state index is 9.76. The molecule has 1 saturated heterocycles. The second-order valence-electron chi connectivity index (χ2n) is 4.57. The van der Waals surface area contributed by atoms with E-state index in [0.717, 1.165) is 31.7 Å². The second-order valence-corrected chi connectivity index (χ2v) is 4.57. The lowest BCUT2D eigenvalue weighted by atomic mass is 10.0. The van der Waals surface area contributed by atoms with Gasteiger partial charge in [0, 0.05) is 31.7 Å². The Kier molecular flexibility index (Phi) is 5.01. The third-order valence-corrected chi connectivity index (χ3v) is 3.56. The summed E-state index contributed by atoms with van der Waals surface area (Å²) in [5, 5.41) is 13.1. The zero-order valence-corrected chi connectivity index (χ0v) is 11.6. The molecule has 0 aliphatic carbocycles. The number of ether oxygens (including phenoxy) is 2. The highest BCUT2D eigenvalue weighted by atomic mass is 16.5. The molecule has 2 rings (SSSR count). The number of para-hydroxylation sites is 1. The summed E-state index contributed by atoms with van der Waals surface area (Å²) in [6.45, 7) is 3.81. The standard InChI is InChI=1S/C14H22N2O3/c1-18-13-5-3-4-11(14(13)19-2)12(10-17)16-8-6-15-7-9-16/h3-5,12,15,17H,6-10H2,1-2H3/t12-/m0/s1. The number of aliphatic hydroxyl groups excluding tert-OH is 1. The van der Waals surface area contributed by atoms with Crippen LogP contribution < -0.4 is 14.8 Å². The molecule has 1 aliphatic heterocycles. The molecular formula is C14H22N2O3. The molecule has 0 radical (unpaired) electrons. The molecule has 5 heteroatoms. The topological polar surface area (TPSA) is 54.0 Å². The van der Waals surface area contributed by atoms with E-state index in [-0.39, 0.29) is 12.6 Å². The van der Waals surface area contributed by atoms with E-state index in [2.05, 4.69) is 10.2 Å². The third-order valence-electron chi connectivity index (χ3n) is 3.56. The summed E-state index contributed by atoms with van der Waals surface area (Å²) in [7, 11) is 3.26. The van der Waals surface area contributed by atoms with Crippen molar-refractivity contribution in [2.24, 2.45) is 0 Å². The van der Waals surface area contributed by atoms with Gasteiger partial charge in [-0.2, -0.15) is 0 Å². The molecule has 1 fully saturated rings. The average molecular weight is 266 g/mol. The minimum atomic E-state index is -0.0489. The third kappa shape index (κ3) is 3.00. The van der Waals surface area contributed by atoms with Gasteiger partial charge in [0.15, 0.2) is 11.5 Å². The summed E-state index contributed by atoms with van der Waals surface area (Å²) >= 11 is 0. The Morgan fingerprint density at radius 3 is 2.58 bits per heavy atom. The van der Waals surface area contributed by atoms with Crippen LogP contribution in [0.15, 0.2) is 18.2 Å². The summed E-state index contributed by atoms with van der Waals surface area (Å²) in [4.78, 5) is 2.27. The number of rotatable bonds is 5. The van der Waals surface area contributed by atoms with E-state index in [1.807, 2.05) is 18.2 Å². The zero-order chi connectivity index (χ0) is 13.7. The van der Waals surface area contributed by atoms with Crippen molar-refractivity contribution in [3.05, 3.63) is 23.8 Å². The predicted octanol–water partition coefficient (Wildman–Crippen LogP) is 0.642. The molecule has 1 aromatic carbocycles. The predicted molar refractivity (Wildman–Crippen MR) is 73.8 cm³/mol. The Bertz CT molecular complexity index is 406. The molecule has 0 bridgehead atoms. The van der Waals surface area contributed by atoms with Gasteiger partial charge in [-0.3, -0.25) is 4.90 Å². The van der Waals surface area contributed by atoms with Crippen molar-refractivity contribution in [2.45, 2.75) is 6.04 Å². The highest BCUT2D eigenvalue weighted by Crippen LogP contribution is 2.36. The van der Waals surface area contributed by atoms with Gasteiger partial charge < -0.3 is 19.9 Å². The smallest absolute Gasteiger partial charge is 0.165 e. The molecule has 2 N–H and O–H groups in total. The van der Waals surface area contributed by atoms with E-state index in [1.165, 1.54) is 0 Å². The fourth-order valence-electron chi connectivity index (χ4n) is 2.58. The molecule has 0 amide bonds. The van der Waals surface area contributed by atoms with Crippen LogP contribution in [0.5, 0.6) is 11.5 Å². The van der Waals surface area contributed by atoms with Crippen LogP contribution in [0.3, 0.4) is 0 Å². The SMILES string of the molecule is COc1cccc([C@H](CO)N2CCNCC2)c1OC.